The maximum Gasteiger partial charge on any atom is 0.306 e. The molecule has 1 fully saturated rings. The number of carbonyl (C=O) groups is 2. The van der Waals surface area contributed by atoms with Crippen LogP contribution in [-0.2, 0) is 28.0 Å². The summed E-state index contributed by atoms with van der Waals surface area (Å²) in [6.45, 7) is 3.07. The van der Waals surface area contributed by atoms with Crippen molar-refractivity contribution in [2.75, 3.05) is 6.61 Å². The third-order valence-corrected chi connectivity index (χ3v) is 7.27. The quantitative estimate of drug-likeness (QED) is 0.750. The number of allylic oxidation sites excluding steroid dienone is 2. The van der Waals surface area contributed by atoms with E-state index in [1.807, 2.05) is 18.2 Å². The lowest BCUT2D eigenvalue weighted by atomic mass is 9.87. The molecule has 0 saturated heterocycles. The molecule has 1 aromatic heterocycles. The minimum Gasteiger partial charge on any atom is -0.481 e. The average Bonchev–Trinajstić information content (AvgIpc) is 3.41. The Balaban J connectivity index is 1.58. The van der Waals surface area contributed by atoms with Crippen LogP contribution < -0.4 is 0 Å². The maximum absolute atomic E-state index is 13.7. The van der Waals surface area contributed by atoms with Crippen LogP contribution in [0.15, 0.2) is 24.3 Å². The molecule has 2 heterocycles. The van der Waals surface area contributed by atoms with E-state index in [2.05, 4.69) is 6.92 Å². The number of carboxylic acid groups (broad SMARTS) is 1. The Labute approximate surface area is 185 Å². The Morgan fingerprint density at radius 3 is 2.77 bits per heavy atom. The van der Waals surface area contributed by atoms with Crippen LogP contribution in [0.2, 0.25) is 5.02 Å². The van der Waals surface area contributed by atoms with E-state index >= 15 is 0 Å². The van der Waals surface area contributed by atoms with Gasteiger partial charge in [-0.15, -0.1) is 0 Å². The lowest BCUT2D eigenvalue weighted by Gasteiger charge is -2.19. The molecule has 3 aliphatic rings. The van der Waals surface area contributed by atoms with E-state index in [1.165, 1.54) is 4.68 Å². The lowest BCUT2D eigenvalue weighted by molar-refractivity contribution is -0.141. The fourth-order valence-electron chi connectivity index (χ4n) is 4.75. The number of carbonyl (C=O) groups excluding carboxylic acids is 1. The zero-order valence-corrected chi connectivity index (χ0v) is 18.2. The molecule has 7 heteroatoms. The van der Waals surface area contributed by atoms with E-state index in [9.17, 15) is 14.7 Å². The van der Waals surface area contributed by atoms with Gasteiger partial charge >= 0.3 is 5.97 Å². The number of halogens is 1. The summed E-state index contributed by atoms with van der Waals surface area (Å²) >= 11 is 6.53. The van der Waals surface area contributed by atoms with Crippen LogP contribution in [0.3, 0.4) is 0 Å². The van der Waals surface area contributed by atoms with Gasteiger partial charge in [0.25, 0.3) is 5.91 Å². The number of fused-ring (bicyclic) bond motifs is 1. The van der Waals surface area contributed by atoms with Crippen LogP contribution in [0.5, 0.6) is 0 Å². The number of carboxylic acids is 1. The summed E-state index contributed by atoms with van der Waals surface area (Å²) in [6, 6.07) is 5.65. The van der Waals surface area contributed by atoms with Gasteiger partial charge in [-0.05, 0) is 61.1 Å². The maximum atomic E-state index is 13.7. The van der Waals surface area contributed by atoms with Crippen LogP contribution in [-0.4, -0.2) is 33.4 Å². The Hall–Kier alpha value is -2.44. The number of benzene rings is 1. The molecule has 31 heavy (non-hydrogen) atoms. The van der Waals surface area contributed by atoms with Gasteiger partial charge in [0.05, 0.1) is 41.1 Å². The molecule has 6 nitrogen and oxygen atoms in total. The highest BCUT2D eigenvalue weighted by Gasteiger charge is 2.42. The molecule has 0 bridgehead atoms. The van der Waals surface area contributed by atoms with Crippen molar-refractivity contribution in [2.24, 2.45) is 5.92 Å². The van der Waals surface area contributed by atoms with E-state index in [1.54, 1.807) is 6.07 Å². The van der Waals surface area contributed by atoms with Crippen molar-refractivity contribution in [1.29, 1.82) is 0 Å². The summed E-state index contributed by atoms with van der Waals surface area (Å²) in [5.74, 6) is -1.33. The summed E-state index contributed by atoms with van der Waals surface area (Å²) in [5.41, 5.74) is 5.13. The molecule has 5 rings (SSSR count). The van der Waals surface area contributed by atoms with Crippen molar-refractivity contribution in [3.05, 3.63) is 57.4 Å². The Kier molecular flexibility index (Phi) is 5.02. The van der Waals surface area contributed by atoms with E-state index in [0.717, 1.165) is 40.9 Å². The van der Waals surface area contributed by atoms with Crippen molar-refractivity contribution in [2.45, 2.75) is 57.5 Å². The van der Waals surface area contributed by atoms with Crippen LogP contribution in [0.25, 0.3) is 5.57 Å². The number of aromatic nitrogens is 2. The minimum atomic E-state index is -0.758. The molecule has 162 valence electrons. The molecule has 1 saturated carbocycles. The lowest BCUT2D eigenvalue weighted by Crippen LogP contribution is -2.23. The Bertz CT molecular complexity index is 1110. The van der Waals surface area contributed by atoms with Crippen LogP contribution in [0.4, 0.5) is 0 Å². The fraction of sp³-hybridized carbons (Fsp3) is 0.458. The molecular formula is C24H25ClN2O4. The number of ether oxygens (including phenoxy) is 1. The van der Waals surface area contributed by atoms with Crippen molar-refractivity contribution in [3.63, 3.8) is 0 Å². The third kappa shape index (κ3) is 3.52. The SMILES string of the molecule is CC1(c2cccc(Cl)c2C(=O)n2nc(C3=CCC(C(=O)O)CC3)c3c2COCC3)CC1. The number of hydrogen-bond donors (Lipinski definition) is 1. The van der Waals surface area contributed by atoms with Crippen LogP contribution in [0.1, 0.15) is 71.9 Å². The summed E-state index contributed by atoms with van der Waals surface area (Å²) in [7, 11) is 0. The summed E-state index contributed by atoms with van der Waals surface area (Å²) < 4.78 is 7.15. The molecule has 0 spiro atoms. The van der Waals surface area contributed by atoms with Crippen molar-refractivity contribution in [3.8, 4) is 0 Å². The third-order valence-electron chi connectivity index (χ3n) is 6.96. The molecule has 0 radical (unpaired) electrons. The highest BCUT2D eigenvalue weighted by molar-refractivity contribution is 6.34. The summed E-state index contributed by atoms with van der Waals surface area (Å²) in [6.07, 6.45) is 6.45. The minimum absolute atomic E-state index is 0.0137. The van der Waals surface area contributed by atoms with Gasteiger partial charge in [0.2, 0.25) is 0 Å². The standard InChI is InChI=1S/C24H25ClN2O4/c1-24(10-11-24)17-3-2-4-18(25)20(17)22(28)27-19-13-31-12-9-16(19)21(26-27)14-5-7-15(8-6-14)23(29)30/h2-5,15H,6-13H2,1H3,(H,29,30). The number of aliphatic carboxylic acids is 1. The van der Waals surface area contributed by atoms with Gasteiger partial charge in [-0.2, -0.15) is 9.78 Å². The Morgan fingerprint density at radius 1 is 1.29 bits per heavy atom. The molecule has 2 aliphatic carbocycles. The van der Waals surface area contributed by atoms with Crippen LogP contribution >= 0.6 is 11.6 Å². The second-order valence-electron chi connectivity index (χ2n) is 9.06. The second kappa shape index (κ2) is 7.61. The van der Waals surface area contributed by atoms with Gasteiger partial charge < -0.3 is 9.84 Å². The zero-order valence-electron chi connectivity index (χ0n) is 17.5. The van der Waals surface area contributed by atoms with Gasteiger partial charge in [-0.1, -0.05) is 36.7 Å². The first kappa shape index (κ1) is 20.5. The highest BCUT2D eigenvalue weighted by Crippen LogP contribution is 2.50. The first-order valence-electron chi connectivity index (χ1n) is 10.8. The normalized spacial score (nSPS) is 21.9. The summed E-state index contributed by atoms with van der Waals surface area (Å²) in [5, 5.41) is 14.5. The Morgan fingerprint density at radius 2 is 2.10 bits per heavy atom. The molecule has 1 unspecified atom stereocenters. The van der Waals surface area contributed by atoms with E-state index in [0.29, 0.717) is 49.5 Å². The number of hydrogen-bond acceptors (Lipinski definition) is 4. The van der Waals surface area contributed by atoms with Crippen LogP contribution in [0, 0.1) is 5.92 Å². The van der Waals surface area contributed by atoms with Gasteiger partial charge in [0.1, 0.15) is 0 Å². The largest absolute Gasteiger partial charge is 0.481 e. The molecule has 2 aromatic rings. The first-order valence-corrected chi connectivity index (χ1v) is 11.2. The molecule has 1 N–H and O–H groups in total. The predicted octanol–water partition coefficient (Wildman–Crippen LogP) is 4.62. The van der Waals surface area contributed by atoms with Gasteiger partial charge in [0.15, 0.2) is 0 Å². The van der Waals surface area contributed by atoms with Crippen molar-refractivity contribution in [1.82, 2.24) is 9.78 Å². The zero-order chi connectivity index (χ0) is 21.8. The van der Waals surface area contributed by atoms with Gasteiger partial charge in [-0.3, -0.25) is 9.59 Å². The van der Waals surface area contributed by atoms with Gasteiger partial charge in [-0.25, -0.2) is 0 Å². The first-order chi connectivity index (χ1) is 14.9. The average molecular weight is 441 g/mol. The monoisotopic (exact) mass is 440 g/mol. The number of rotatable bonds is 4. The van der Waals surface area contributed by atoms with Crippen molar-refractivity contribution >= 4 is 29.1 Å². The highest BCUT2D eigenvalue weighted by atomic mass is 35.5. The van der Waals surface area contributed by atoms with Gasteiger partial charge in [0, 0.05) is 5.56 Å². The molecule has 1 aromatic carbocycles. The smallest absolute Gasteiger partial charge is 0.306 e. The molecule has 1 aliphatic heterocycles. The molecule has 1 atom stereocenters. The second-order valence-corrected chi connectivity index (χ2v) is 9.46. The molecule has 0 amide bonds. The van der Waals surface area contributed by atoms with Crippen molar-refractivity contribution < 1.29 is 19.4 Å². The summed E-state index contributed by atoms with van der Waals surface area (Å²) in [4.78, 5) is 25.0. The topological polar surface area (TPSA) is 81.4 Å². The number of nitrogens with zero attached hydrogens (tertiary/aromatic N) is 2. The van der Waals surface area contributed by atoms with E-state index in [-0.39, 0.29) is 17.2 Å². The van der Waals surface area contributed by atoms with E-state index < -0.39 is 5.97 Å². The predicted molar refractivity (Wildman–Crippen MR) is 116 cm³/mol. The molecular weight excluding hydrogens is 416 g/mol. The van der Waals surface area contributed by atoms with E-state index in [4.69, 9.17) is 21.4 Å². The fourth-order valence-corrected chi connectivity index (χ4v) is 5.00.